The molecule has 28 heavy (non-hydrogen) atoms. The number of carbonyl (C=O) groups excluding carboxylic acids is 2. The van der Waals surface area contributed by atoms with Gasteiger partial charge in [0, 0.05) is 5.75 Å². The number of esters is 1. The zero-order valence-electron chi connectivity index (χ0n) is 15.8. The highest BCUT2D eigenvalue weighted by molar-refractivity contribution is 7.85. The first-order valence-electron chi connectivity index (χ1n) is 8.73. The standard InChI is InChI=1S/C20H23NO6S/c1-3-28(24)18-11-7-4-8-15(18)20(23)27-14-19(22)21-12-13-26-17-10-6-5-9-16(17)25-2/h4-11H,3,12-14H2,1-2H3,(H,21,22)/t28-/m0/s1. The smallest absolute Gasteiger partial charge is 0.339 e. The van der Waals surface area contributed by atoms with Gasteiger partial charge in [-0.3, -0.25) is 9.00 Å². The number of ether oxygens (including phenoxy) is 3. The molecule has 0 unspecified atom stereocenters. The number of benzene rings is 2. The predicted octanol–water partition coefficient (Wildman–Crippen LogP) is 2.17. The first-order chi connectivity index (χ1) is 13.6. The quantitative estimate of drug-likeness (QED) is 0.481. The number of rotatable bonds is 10. The summed E-state index contributed by atoms with van der Waals surface area (Å²) in [4.78, 5) is 24.5. The van der Waals surface area contributed by atoms with E-state index in [-0.39, 0.29) is 18.7 Å². The maximum atomic E-state index is 12.2. The van der Waals surface area contributed by atoms with E-state index in [4.69, 9.17) is 14.2 Å². The second-order valence-corrected chi connectivity index (χ2v) is 7.26. The molecule has 2 aromatic rings. The fourth-order valence-electron chi connectivity index (χ4n) is 2.34. The molecule has 0 heterocycles. The van der Waals surface area contributed by atoms with Gasteiger partial charge in [-0.25, -0.2) is 4.79 Å². The van der Waals surface area contributed by atoms with E-state index in [2.05, 4.69) is 5.32 Å². The number of nitrogens with one attached hydrogen (secondary N) is 1. The molecule has 0 saturated carbocycles. The Balaban J connectivity index is 1.77. The van der Waals surface area contributed by atoms with Crippen molar-refractivity contribution in [1.29, 1.82) is 0 Å². The topological polar surface area (TPSA) is 90.9 Å². The summed E-state index contributed by atoms with van der Waals surface area (Å²) in [5.41, 5.74) is 0.204. The van der Waals surface area contributed by atoms with Crippen molar-refractivity contribution in [3.05, 3.63) is 54.1 Å². The highest BCUT2D eigenvalue weighted by Crippen LogP contribution is 2.25. The van der Waals surface area contributed by atoms with Gasteiger partial charge in [0.2, 0.25) is 0 Å². The maximum Gasteiger partial charge on any atom is 0.339 e. The summed E-state index contributed by atoms with van der Waals surface area (Å²) in [6.45, 7) is 1.81. The van der Waals surface area contributed by atoms with E-state index in [1.807, 2.05) is 12.1 Å². The lowest BCUT2D eigenvalue weighted by Crippen LogP contribution is -2.32. The van der Waals surface area contributed by atoms with Crippen LogP contribution in [0, 0.1) is 0 Å². The van der Waals surface area contributed by atoms with Crippen molar-refractivity contribution >= 4 is 22.7 Å². The highest BCUT2D eigenvalue weighted by atomic mass is 32.2. The van der Waals surface area contributed by atoms with Crippen LogP contribution in [0.5, 0.6) is 11.5 Å². The minimum Gasteiger partial charge on any atom is -0.493 e. The van der Waals surface area contributed by atoms with Crippen molar-refractivity contribution in [2.75, 3.05) is 32.6 Å². The Bertz CT molecular complexity index is 839. The Labute approximate surface area is 166 Å². The van der Waals surface area contributed by atoms with Crippen molar-refractivity contribution in [3.63, 3.8) is 0 Å². The fraction of sp³-hybridized carbons (Fsp3) is 0.300. The lowest BCUT2D eigenvalue weighted by Gasteiger charge is -2.11. The van der Waals surface area contributed by atoms with Crippen LogP contribution >= 0.6 is 0 Å². The summed E-state index contributed by atoms with van der Waals surface area (Å²) >= 11 is 0. The molecule has 0 bridgehead atoms. The minimum atomic E-state index is -1.29. The largest absolute Gasteiger partial charge is 0.493 e. The second-order valence-electron chi connectivity index (χ2n) is 5.56. The molecular formula is C20H23NO6S. The average Bonchev–Trinajstić information content (AvgIpc) is 2.74. The van der Waals surface area contributed by atoms with Gasteiger partial charge in [0.25, 0.3) is 5.91 Å². The van der Waals surface area contributed by atoms with Crippen molar-refractivity contribution in [3.8, 4) is 11.5 Å². The van der Waals surface area contributed by atoms with Crippen LogP contribution in [0.25, 0.3) is 0 Å². The van der Waals surface area contributed by atoms with Crippen LogP contribution < -0.4 is 14.8 Å². The maximum absolute atomic E-state index is 12.2. The average molecular weight is 405 g/mol. The summed E-state index contributed by atoms with van der Waals surface area (Å²) in [7, 11) is 0.256. The van der Waals surface area contributed by atoms with Gasteiger partial charge in [-0.1, -0.05) is 31.2 Å². The molecule has 2 rings (SSSR count). The third-order valence-electron chi connectivity index (χ3n) is 3.70. The third kappa shape index (κ3) is 6.09. The Kier molecular flexibility index (Phi) is 8.48. The fourth-order valence-corrected chi connectivity index (χ4v) is 3.28. The summed E-state index contributed by atoms with van der Waals surface area (Å²) in [6, 6.07) is 13.7. The van der Waals surface area contributed by atoms with Gasteiger partial charge in [-0.15, -0.1) is 0 Å². The summed E-state index contributed by atoms with van der Waals surface area (Å²) in [5.74, 6) is 0.428. The summed E-state index contributed by atoms with van der Waals surface area (Å²) in [5, 5.41) is 2.60. The van der Waals surface area contributed by atoms with Crippen molar-refractivity contribution < 1.29 is 28.0 Å². The van der Waals surface area contributed by atoms with Crippen LogP contribution in [-0.2, 0) is 20.3 Å². The first-order valence-corrected chi connectivity index (χ1v) is 10.1. The van der Waals surface area contributed by atoms with Crippen molar-refractivity contribution in [2.24, 2.45) is 0 Å². The second kappa shape index (κ2) is 11.1. The third-order valence-corrected chi connectivity index (χ3v) is 5.07. The van der Waals surface area contributed by atoms with E-state index in [0.29, 0.717) is 22.1 Å². The van der Waals surface area contributed by atoms with E-state index in [0.717, 1.165) is 0 Å². The molecule has 0 aliphatic carbocycles. The molecule has 150 valence electrons. The van der Waals surface area contributed by atoms with Crippen LogP contribution in [0.4, 0.5) is 0 Å². The van der Waals surface area contributed by atoms with Crippen LogP contribution in [0.15, 0.2) is 53.4 Å². The van der Waals surface area contributed by atoms with Gasteiger partial charge in [0.1, 0.15) is 6.61 Å². The molecule has 0 radical (unpaired) electrons. The van der Waals surface area contributed by atoms with Crippen LogP contribution in [-0.4, -0.2) is 48.7 Å². The number of amides is 1. The Morgan fingerprint density at radius 3 is 2.43 bits per heavy atom. The minimum absolute atomic E-state index is 0.204. The van der Waals surface area contributed by atoms with E-state index in [1.165, 1.54) is 6.07 Å². The van der Waals surface area contributed by atoms with Gasteiger partial charge in [0.05, 0.1) is 34.9 Å². The zero-order chi connectivity index (χ0) is 20.4. The van der Waals surface area contributed by atoms with Gasteiger partial charge >= 0.3 is 5.97 Å². The molecule has 1 atom stereocenters. The molecule has 8 heteroatoms. The van der Waals surface area contributed by atoms with Gasteiger partial charge in [0.15, 0.2) is 18.1 Å². The highest BCUT2D eigenvalue weighted by Gasteiger charge is 2.17. The van der Waals surface area contributed by atoms with E-state index in [1.54, 1.807) is 44.4 Å². The van der Waals surface area contributed by atoms with E-state index in [9.17, 15) is 13.8 Å². The van der Waals surface area contributed by atoms with E-state index >= 15 is 0 Å². The molecule has 0 fully saturated rings. The number of methoxy groups -OCH3 is 1. The van der Waals surface area contributed by atoms with Crippen molar-refractivity contribution in [2.45, 2.75) is 11.8 Å². The zero-order valence-corrected chi connectivity index (χ0v) is 16.6. The van der Waals surface area contributed by atoms with Crippen molar-refractivity contribution in [1.82, 2.24) is 5.32 Å². The summed E-state index contributed by atoms with van der Waals surface area (Å²) in [6.07, 6.45) is 0. The van der Waals surface area contributed by atoms with Crippen LogP contribution in [0.1, 0.15) is 17.3 Å². The molecule has 0 saturated heterocycles. The predicted molar refractivity (Wildman–Crippen MR) is 105 cm³/mol. The number of hydrogen-bond acceptors (Lipinski definition) is 6. The molecule has 1 N–H and O–H groups in total. The first kappa shape index (κ1) is 21.4. The molecule has 0 aromatic heterocycles. The summed E-state index contributed by atoms with van der Waals surface area (Å²) < 4.78 is 27.8. The van der Waals surface area contributed by atoms with Crippen LogP contribution in [0.2, 0.25) is 0 Å². The molecule has 0 spiro atoms. The number of para-hydroxylation sites is 2. The lowest BCUT2D eigenvalue weighted by atomic mass is 10.2. The lowest BCUT2D eigenvalue weighted by molar-refractivity contribution is -0.124. The molecule has 1 amide bonds. The Hall–Kier alpha value is -2.87. The molecule has 0 aliphatic rings. The van der Waals surface area contributed by atoms with Gasteiger partial charge < -0.3 is 19.5 Å². The van der Waals surface area contributed by atoms with Gasteiger partial charge in [-0.2, -0.15) is 0 Å². The molecular weight excluding hydrogens is 382 g/mol. The number of carbonyl (C=O) groups is 2. The number of hydrogen-bond donors (Lipinski definition) is 1. The molecule has 7 nitrogen and oxygen atoms in total. The monoisotopic (exact) mass is 405 g/mol. The normalized spacial score (nSPS) is 11.4. The van der Waals surface area contributed by atoms with Gasteiger partial charge in [-0.05, 0) is 24.3 Å². The Morgan fingerprint density at radius 1 is 1.04 bits per heavy atom. The molecule has 0 aliphatic heterocycles. The van der Waals surface area contributed by atoms with E-state index < -0.39 is 29.3 Å². The SMILES string of the molecule is CC[S@](=O)c1ccccc1C(=O)OCC(=O)NCCOc1ccccc1OC. The molecule has 2 aromatic carbocycles. The Morgan fingerprint density at radius 2 is 1.71 bits per heavy atom. The van der Waals surface area contributed by atoms with Crippen LogP contribution in [0.3, 0.4) is 0 Å².